The van der Waals surface area contributed by atoms with Crippen LogP contribution in [-0.4, -0.2) is 24.2 Å². The van der Waals surface area contributed by atoms with Crippen LogP contribution in [0.4, 0.5) is 0 Å². The van der Waals surface area contributed by atoms with E-state index in [9.17, 15) is 0 Å². The van der Waals surface area contributed by atoms with E-state index in [0.29, 0.717) is 5.41 Å². The van der Waals surface area contributed by atoms with Gasteiger partial charge in [0.15, 0.2) is 0 Å². The Morgan fingerprint density at radius 1 is 1.20 bits per heavy atom. The van der Waals surface area contributed by atoms with Crippen molar-refractivity contribution >= 4 is 28.6 Å². The number of hydrogen-bond acceptors (Lipinski definition) is 2. The average molecular weight is 358 g/mol. The molecule has 0 amide bonds. The maximum atomic E-state index is 4.65. The lowest BCUT2D eigenvalue weighted by Gasteiger charge is -2.36. The van der Waals surface area contributed by atoms with Gasteiger partial charge in [-0.1, -0.05) is 54.8 Å². The lowest BCUT2D eigenvalue weighted by Crippen LogP contribution is -2.37. The molecule has 1 aromatic carbocycles. The van der Waals surface area contributed by atoms with Gasteiger partial charge in [0.2, 0.25) is 0 Å². The molecule has 20 heavy (non-hydrogen) atoms. The lowest BCUT2D eigenvalue weighted by atomic mass is 9.80. The van der Waals surface area contributed by atoms with Gasteiger partial charge in [-0.2, -0.15) is 12.6 Å². The highest BCUT2D eigenvalue weighted by Crippen LogP contribution is 2.32. The zero-order valence-electron chi connectivity index (χ0n) is 13.0. The van der Waals surface area contributed by atoms with E-state index in [-0.39, 0.29) is 0 Å². The lowest BCUT2D eigenvalue weighted by molar-refractivity contribution is 0.165. The van der Waals surface area contributed by atoms with E-state index in [1.54, 1.807) is 0 Å². The van der Waals surface area contributed by atoms with Gasteiger partial charge >= 0.3 is 0 Å². The first-order chi connectivity index (χ1) is 9.55. The Morgan fingerprint density at radius 2 is 1.85 bits per heavy atom. The van der Waals surface area contributed by atoms with Gasteiger partial charge in [-0.3, -0.25) is 0 Å². The van der Waals surface area contributed by atoms with Gasteiger partial charge in [-0.15, -0.1) is 0 Å². The van der Waals surface area contributed by atoms with Crippen molar-refractivity contribution in [1.29, 1.82) is 0 Å². The molecule has 0 heterocycles. The summed E-state index contributed by atoms with van der Waals surface area (Å²) in [5.41, 5.74) is 1.73. The van der Waals surface area contributed by atoms with E-state index in [1.807, 2.05) is 0 Å². The molecule has 0 N–H and O–H groups in total. The minimum atomic E-state index is 0.368. The second-order valence-electron chi connectivity index (χ2n) is 5.96. The molecule has 0 aliphatic carbocycles. The first kappa shape index (κ1) is 18.1. The highest BCUT2D eigenvalue weighted by atomic mass is 79.9. The van der Waals surface area contributed by atoms with Crippen LogP contribution < -0.4 is 0 Å². The molecule has 0 aliphatic heterocycles. The van der Waals surface area contributed by atoms with E-state index in [4.69, 9.17) is 0 Å². The molecule has 0 aromatic heterocycles. The van der Waals surface area contributed by atoms with Gasteiger partial charge in [0.05, 0.1) is 0 Å². The number of rotatable bonds is 9. The summed E-state index contributed by atoms with van der Waals surface area (Å²) in [6, 6.07) is 8.59. The van der Waals surface area contributed by atoms with Crippen LogP contribution in [0.3, 0.4) is 0 Å². The number of halogens is 1. The molecule has 0 bridgehead atoms. The van der Waals surface area contributed by atoms with E-state index in [2.05, 4.69) is 78.6 Å². The Morgan fingerprint density at radius 3 is 2.35 bits per heavy atom. The van der Waals surface area contributed by atoms with Crippen LogP contribution in [0.5, 0.6) is 0 Å². The molecule has 0 atom stereocenters. The number of hydrogen-bond donors (Lipinski definition) is 1. The molecule has 0 fully saturated rings. The molecule has 114 valence electrons. The third-order valence-corrected chi connectivity index (χ3v) is 5.01. The molecular weight excluding hydrogens is 330 g/mol. The fraction of sp³-hybridized carbons (Fsp3) is 0.647. The van der Waals surface area contributed by atoms with Crippen LogP contribution in [-0.2, 0) is 6.54 Å². The largest absolute Gasteiger partial charge is 0.302 e. The molecule has 3 heteroatoms. The zero-order valence-corrected chi connectivity index (χ0v) is 15.5. The van der Waals surface area contributed by atoms with Crippen LogP contribution in [0.2, 0.25) is 0 Å². The average Bonchev–Trinajstić information content (AvgIpc) is 2.39. The van der Waals surface area contributed by atoms with Crippen molar-refractivity contribution in [3.8, 4) is 0 Å². The first-order valence-corrected chi connectivity index (χ1v) is 9.01. The Bertz CT molecular complexity index is 388. The standard InChI is InChI=1S/C17H28BrNS/c1-4-9-17(14-20,10-5-2)13-19(3)12-15-7-6-8-16(18)11-15/h6-8,11,20H,4-5,9-10,12-14H2,1-3H3. The van der Waals surface area contributed by atoms with Gasteiger partial charge in [0.25, 0.3) is 0 Å². The first-order valence-electron chi connectivity index (χ1n) is 7.59. The summed E-state index contributed by atoms with van der Waals surface area (Å²) < 4.78 is 1.16. The SMILES string of the molecule is CCCC(CS)(CCC)CN(C)Cc1cccc(Br)c1. The number of benzene rings is 1. The maximum Gasteiger partial charge on any atom is 0.0231 e. The second kappa shape index (κ2) is 9.11. The summed E-state index contributed by atoms with van der Waals surface area (Å²) in [4.78, 5) is 2.45. The van der Waals surface area contributed by atoms with E-state index in [1.165, 1.54) is 31.2 Å². The fourth-order valence-corrected chi connectivity index (χ4v) is 3.99. The molecule has 1 rings (SSSR count). The Hall–Kier alpha value is 0.01000. The van der Waals surface area contributed by atoms with Crippen LogP contribution in [0.15, 0.2) is 28.7 Å². The van der Waals surface area contributed by atoms with Crippen LogP contribution in [0.25, 0.3) is 0 Å². The molecule has 0 unspecified atom stereocenters. The van der Waals surface area contributed by atoms with Gasteiger partial charge in [0, 0.05) is 17.6 Å². The summed E-state index contributed by atoms with van der Waals surface area (Å²) in [5, 5.41) is 0. The normalized spacial score (nSPS) is 12.1. The van der Waals surface area contributed by atoms with Crippen LogP contribution in [0, 0.1) is 5.41 Å². The van der Waals surface area contributed by atoms with Crippen LogP contribution >= 0.6 is 28.6 Å². The zero-order chi connectivity index (χ0) is 15.0. The number of thiol groups is 1. The quantitative estimate of drug-likeness (QED) is 0.579. The Balaban J connectivity index is 2.67. The summed E-state index contributed by atoms with van der Waals surface area (Å²) in [6.45, 7) is 6.69. The molecular formula is C17H28BrNS. The van der Waals surface area contributed by atoms with Crippen molar-refractivity contribution in [2.75, 3.05) is 19.3 Å². The Kier molecular flexibility index (Phi) is 8.23. The van der Waals surface area contributed by atoms with Gasteiger partial charge < -0.3 is 4.90 Å². The molecule has 1 nitrogen and oxygen atoms in total. The van der Waals surface area contributed by atoms with E-state index >= 15 is 0 Å². The minimum Gasteiger partial charge on any atom is -0.302 e. The summed E-state index contributed by atoms with van der Waals surface area (Å²) in [6.07, 6.45) is 5.02. The summed E-state index contributed by atoms with van der Waals surface area (Å²) in [5.74, 6) is 0.984. The predicted octanol–water partition coefficient (Wildman–Crippen LogP) is 5.40. The Labute approximate surface area is 138 Å². The van der Waals surface area contributed by atoms with Crippen molar-refractivity contribution in [3.63, 3.8) is 0 Å². The smallest absolute Gasteiger partial charge is 0.0231 e. The van der Waals surface area contributed by atoms with Crippen molar-refractivity contribution in [1.82, 2.24) is 4.90 Å². The number of nitrogens with zero attached hydrogens (tertiary/aromatic N) is 1. The minimum absolute atomic E-state index is 0.368. The van der Waals surface area contributed by atoms with E-state index < -0.39 is 0 Å². The maximum absolute atomic E-state index is 4.65. The third-order valence-electron chi connectivity index (χ3n) is 3.84. The van der Waals surface area contributed by atoms with Gasteiger partial charge in [-0.05, 0) is 48.8 Å². The highest BCUT2D eigenvalue weighted by Gasteiger charge is 2.28. The van der Waals surface area contributed by atoms with Crippen molar-refractivity contribution in [2.45, 2.75) is 46.1 Å². The topological polar surface area (TPSA) is 3.24 Å². The fourth-order valence-electron chi connectivity index (χ4n) is 3.13. The molecule has 0 radical (unpaired) electrons. The molecule has 1 aromatic rings. The molecule has 0 spiro atoms. The molecule has 0 saturated carbocycles. The van der Waals surface area contributed by atoms with E-state index in [0.717, 1.165) is 23.3 Å². The second-order valence-corrected chi connectivity index (χ2v) is 7.19. The summed E-state index contributed by atoms with van der Waals surface area (Å²) >= 11 is 8.20. The van der Waals surface area contributed by atoms with Crippen LogP contribution in [0.1, 0.15) is 45.1 Å². The molecule has 0 saturated heterocycles. The highest BCUT2D eigenvalue weighted by molar-refractivity contribution is 9.10. The van der Waals surface area contributed by atoms with Crippen molar-refractivity contribution in [3.05, 3.63) is 34.3 Å². The van der Waals surface area contributed by atoms with Gasteiger partial charge in [0.1, 0.15) is 0 Å². The van der Waals surface area contributed by atoms with Gasteiger partial charge in [-0.25, -0.2) is 0 Å². The summed E-state index contributed by atoms with van der Waals surface area (Å²) in [7, 11) is 2.23. The monoisotopic (exact) mass is 357 g/mol. The third kappa shape index (κ3) is 5.79. The molecule has 0 aliphatic rings. The predicted molar refractivity (Wildman–Crippen MR) is 96.6 cm³/mol. The van der Waals surface area contributed by atoms with Crippen molar-refractivity contribution in [2.24, 2.45) is 5.41 Å². The van der Waals surface area contributed by atoms with Crippen molar-refractivity contribution < 1.29 is 0 Å².